The maximum Gasteiger partial charge on any atom is 0.253 e. The maximum atomic E-state index is 12.7. The molecule has 1 saturated heterocycles. The van der Waals surface area contributed by atoms with E-state index in [2.05, 4.69) is 36.9 Å². The van der Waals surface area contributed by atoms with Crippen molar-refractivity contribution >= 4 is 44.2 Å². The zero-order chi connectivity index (χ0) is 19.0. The fourth-order valence-electron chi connectivity index (χ4n) is 3.44. The molecule has 6 heteroatoms. The lowest BCUT2D eigenvalue weighted by Crippen LogP contribution is -2.48. The molecular weight excluding hydrogens is 378 g/mol. The fraction of sp³-hybridized carbons (Fsp3) is 0.333. The van der Waals surface area contributed by atoms with E-state index in [1.54, 1.807) is 35.6 Å². The number of para-hydroxylation sites is 1. The molecule has 0 atom stereocenters. The lowest BCUT2D eigenvalue weighted by molar-refractivity contribution is 0.0747. The summed E-state index contributed by atoms with van der Waals surface area (Å²) in [5, 5.41) is 1.70. The summed E-state index contributed by atoms with van der Waals surface area (Å²) in [5.74, 6) is 0.523. The molecule has 0 radical (unpaired) electrons. The predicted molar refractivity (Wildman–Crippen MR) is 113 cm³/mol. The molecule has 2 heterocycles. The number of carbonyl (C=O) groups excluding carboxylic acids is 1. The number of nitrogens with zero attached hydrogens (tertiary/aromatic N) is 3. The molecule has 0 unspecified atom stereocenters. The Bertz CT molecular complexity index is 959. The number of carbonyl (C=O) groups is 1. The van der Waals surface area contributed by atoms with Gasteiger partial charge in [0.15, 0.2) is 5.13 Å². The zero-order valence-corrected chi connectivity index (χ0v) is 17.1. The Kier molecular flexibility index (Phi) is 5.06. The molecule has 0 aliphatic carbocycles. The topological polar surface area (TPSA) is 36.4 Å². The van der Waals surface area contributed by atoms with E-state index in [0.29, 0.717) is 29.6 Å². The fourth-order valence-corrected chi connectivity index (χ4v) is 4.61. The maximum absolute atomic E-state index is 12.7. The number of halogens is 1. The van der Waals surface area contributed by atoms with Gasteiger partial charge in [-0.05, 0) is 41.8 Å². The Morgan fingerprint density at radius 3 is 2.44 bits per heavy atom. The molecule has 3 aromatic rings. The van der Waals surface area contributed by atoms with E-state index >= 15 is 0 Å². The number of thiazole rings is 1. The normalized spacial score (nSPS) is 15.0. The number of hydrogen-bond acceptors (Lipinski definition) is 4. The van der Waals surface area contributed by atoms with Gasteiger partial charge in [-0.25, -0.2) is 4.98 Å². The summed E-state index contributed by atoms with van der Waals surface area (Å²) in [6.45, 7) is 7.42. The lowest BCUT2D eigenvalue weighted by atomic mass is 10.0. The van der Waals surface area contributed by atoms with Crippen LogP contribution in [0.5, 0.6) is 0 Å². The molecule has 1 amide bonds. The first-order valence-corrected chi connectivity index (χ1v) is 10.4. The molecule has 4 nitrogen and oxygen atoms in total. The molecular formula is C21H22ClN3OS. The van der Waals surface area contributed by atoms with E-state index in [1.807, 2.05) is 4.90 Å². The molecule has 0 bridgehead atoms. The van der Waals surface area contributed by atoms with Gasteiger partial charge >= 0.3 is 0 Å². The minimum Gasteiger partial charge on any atom is -0.345 e. The van der Waals surface area contributed by atoms with Crippen molar-refractivity contribution in [1.82, 2.24) is 9.88 Å². The van der Waals surface area contributed by atoms with Gasteiger partial charge in [-0.2, -0.15) is 0 Å². The van der Waals surface area contributed by atoms with E-state index in [-0.39, 0.29) is 5.91 Å². The number of benzene rings is 2. The molecule has 4 rings (SSSR count). The summed E-state index contributed by atoms with van der Waals surface area (Å²) in [5.41, 5.74) is 3.10. The van der Waals surface area contributed by atoms with E-state index in [0.717, 1.165) is 23.7 Å². The molecule has 1 fully saturated rings. The largest absolute Gasteiger partial charge is 0.345 e. The molecule has 1 aliphatic rings. The van der Waals surface area contributed by atoms with Crippen LogP contribution in [0.15, 0.2) is 42.5 Å². The van der Waals surface area contributed by atoms with Crippen molar-refractivity contribution < 1.29 is 4.79 Å². The van der Waals surface area contributed by atoms with Crippen LogP contribution in [0.25, 0.3) is 10.2 Å². The summed E-state index contributed by atoms with van der Waals surface area (Å²) in [6.07, 6.45) is 0. The van der Waals surface area contributed by atoms with Crippen molar-refractivity contribution in [2.24, 2.45) is 0 Å². The van der Waals surface area contributed by atoms with Crippen LogP contribution >= 0.6 is 22.9 Å². The Morgan fingerprint density at radius 1 is 1.07 bits per heavy atom. The van der Waals surface area contributed by atoms with Crippen molar-refractivity contribution in [2.45, 2.75) is 19.8 Å². The molecule has 0 spiro atoms. The minimum atomic E-state index is 0.0673. The average molecular weight is 400 g/mol. The summed E-state index contributed by atoms with van der Waals surface area (Å²) in [4.78, 5) is 21.8. The minimum absolute atomic E-state index is 0.0673. The molecule has 140 valence electrons. The number of fused-ring (bicyclic) bond motifs is 1. The van der Waals surface area contributed by atoms with Crippen LogP contribution in [0.3, 0.4) is 0 Å². The van der Waals surface area contributed by atoms with Gasteiger partial charge in [0.1, 0.15) is 0 Å². The van der Waals surface area contributed by atoms with Gasteiger partial charge < -0.3 is 9.80 Å². The van der Waals surface area contributed by atoms with Gasteiger partial charge in [-0.1, -0.05) is 48.9 Å². The highest BCUT2D eigenvalue weighted by Crippen LogP contribution is 2.33. The van der Waals surface area contributed by atoms with Gasteiger partial charge in [-0.3, -0.25) is 4.79 Å². The van der Waals surface area contributed by atoms with E-state index in [9.17, 15) is 4.79 Å². The molecule has 27 heavy (non-hydrogen) atoms. The van der Waals surface area contributed by atoms with Crippen LogP contribution in [0.4, 0.5) is 5.13 Å². The standard InChI is InChI=1S/C21H22ClN3OS/c1-14(2)17-4-3-5-18-19(17)23-21(27-18)25-12-10-24(11-13-25)20(26)15-6-8-16(22)9-7-15/h3-9,14H,10-13H2,1-2H3. The number of hydrogen-bond donors (Lipinski definition) is 0. The third kappa shape index (κ3) is 3.66. The van der Waals surface area contributed by atoms with Gasteiger partial charge in [0.05, 0.1) is 10.2 Å². The third-order valence-electron chi connectivity index (χ3n) is 4.99. The van der Waals surface area contributed by atoms with Crippen molar-refractivity contribution in [3.8, 4) is 0 Å². The highest BCUT2D eigenvalue weighted by atomic mass is 35.5. The SMILES string of the molecule is CC(C)c1cccc2sc(N3CCN(C(=O)c4ccc(Cl)cc4)CC3)nc12. The van der Waals surface area contributed by atoms with Gasteiger partial charge in [0.25, 0.3) is 5.91 Å². The summed E-state index contributed by atoms with van der Waals surface area (Å²) in [7, 11) is 0. The van der Waals surface area contributed by atoms with E-state index in [1.165, 1.54) is 10.3 Å². The van der Waals surface area contributed by atoms with Crippen molar-refractivity contribution in [1.29, 1.82) is 0 Å². The smallest absolute Gasteiger partial charge is 0.253 e. The van der Waals surface area contributed by atoms with Crippen LogP contribution < -0.4 is 4.90 Å². The van der Waals surface area contributed by atoms with Crippen LogP contribution in [-0.2, 0) is 0 Å². The summed E-state index contributed by atoms with van der Waals surface area (Å²) in [6, 6.07) is 13.5. The molecule has 0 N–H and O–H groups in total. The highest BCUT2D eigenvalue weighted by Gasteiger charge is 2.24. The first-order chi connectivity index (χ1) is 13.0. The number of aromatic nitrogens is 1. The quantitative estimate of drug-likeness (QED) is 0.619. The Hall–Kier alpha value is -2.11. The second-order valence-electron chi connectivity index (χ2n) is 7.13. The average Bonchev–Trinajstić information content (AvgIpc) is 3.12. The number of amides is 1. The summed E-state index contributed by atoms with van der Waals surface area (Å²) >= 11 is 7.66. The first-order valence-electron chi connectivity index (χ1n) is 9.22. The first kappa shape index (κ1) is 18.3. The molecule has 2 aromatic carbocycles. The van der Waals surface area contributed by atoms with Gasteiger partial charge in [0, 0.05) is 36.8 Å². The predicted octanol–water partition coefficient (Wildman–Crippen LogP) is 5.04. The van der Waals surface area contributed by atoms with Crippen LogP contribution in [0, 0.1) is 0 Å². The zero-order valence-electron chi connectivity index (χ0n) is 15.5. The Balaban J connectivity index is 1.48. The lowest BCUT2D eigenvalue weighted by Gasteiger charge is -2.34. The van der Waals surface area contributed by atoms with Crippen molar-refractivity contribution in [2.75, 3.05) is 31.1 Å². The molecule has 1 aromatic heterocycles. The van der Waals surface area contributed by atoms with Crippen LogP contribution in [0.2, 0.25) is 5.02 Å². The third-order valence-corrected chi connectivity index (χ3v) is 6.32. The summed E-state index contributed by atoms with van der Waals surface area (Å²) < 4.78 is 1.23. The van der Waals surface area contributed by atoms with E-state index in [4.69, 9.17) is 16.6 Å². The second-order valence-corrected chi connectivity index (χ2v) is 8.58. The van der Waals surface area contributed by atoms with Crippen molar-refractivity contribution in [3.05, 3.63) is 58.6 Å². The van der Waals surface area contributed by atoms with Gasteiger partial charge in [-0.15, -0.1) is 0 Å². The van der Waals surface area contributed by atoms with Crippen LogP contribution in [-0.4, -0.2) is 42.0 Å². The monoisotopic (exact) mass is 399 g/mol. The highest BCUT2D eigenvalue weighted by molar-refractivity contribution is 7.22. The Labute approximate surface area is 168 Å². The molecule has 1 aliphatic heterocycles. The van der Waals surface area contributed by atoms with E-state index < -0.39 is 0 Å². The number of anilines is 1. The van der Waals surface area contributed by atoms with Gasteiger partial charge in [0.2, 0.25) is 0 Å². The number of piperazine rings is 1. The van der Waals surface area contributed by atoms with Crippen molar-refractivity contribution in [3.63, 3.8) is 0 Å². The Morgan fingerprint density at radius 2 is 1.78 bits per heavy atom. The van der Waals surface area contributed by atoms with Crippen LogP contribution in [0.1, 0.15) is 35.7 Å². The number of rotatable bonds is 3. The second kappa shape index (κ2) is 7.49. The molecule has 0 saturated carbocycles.